The minimum Gasteiger partial charge on any atom is -0.350 e. The molecule has 6 nitrogen and oxygen atoms in total. The van der Waals surface area contributed by atoms with Gasteiger partial charge in [0.2, 0.25) is 0 Å². The Balaban J connectivity index is 0.00000161. The topological polar surface area (TPSA) is 71.8 Å². The second-order valence-electron chi connectivity index (χ2n) is 4.73. The Morgan fingerprint density at radius 2 is 2.19 bits per heavy atom. The summed E-state index contributed by atoms with van der Waals surface area (Å²) in [6, 6.07) is 7.27. The van der Waals surface area contributed by atoms with Gasteiger partial charge < -0.3 is 10.6 Å². The summed E-state index contributed by atoms with van der Waals surface area (Å²) < 4.78 is 1.50. The number of nitrogens with zero attached hydrogens (tertiary/aromatic N) is 3. The fourth-order valence-electron chi connectivity index (χ4n) is 1.94. The van der Waals surface area contributed by atoms with Gasteiger partial charge in [0, 0.05) is 25.6 Å². The highest BCUT2D eigenvalue weighted by Gasteiger charge is 2.19. The van der Waals surface area contributed by atoms with Crippen molar-refractivity contribution in [2.24, 2.45) is 5.92 Å². The van der Waals surface area contributed by atoms with Crippen LogP contribution in [0.15, 0.2) is 30.5 Å². The average molecular weight is 328 g/mol. The van der Waals surface area contributed by atoms with Gasteiger partial charge in [-0.1, -0.05) is 28.9 Å². The third-order valence-electron chi connectivity index (χ3n) is 3.24. The van der Waals surface area contributed by atoms with Gasteiger partial charge >= 0.3 is 0 Å². The van der Waals surface area contributed by atoms with Gasteiger partial charge in [-0.05, 0) is 12.1 Å². The summed E-state index contributed by atoms with van der Waals surface area (Å²) in [6.45, 7) is 2.56. The molecule has 2 aromatic rings. The van der Waals surface area contributed by atoms with Crippen molar-refractivity contribution in [3.63, 3.8) is 0 Å². The maximum absolute atomic E-state index is 11.9. The molecule has 3 rings (SSSR count). The highest BCUT2D eigenvalue weighted by atomic mass is 35.5. The molecular weight excluding hydrogens is 313 g/mol. The molecule has 2 heterocycles. The molecule has 1 aromatic heterocycles. The molecule has 1 aliphatic heterocycles. The van der Waals surface area contributed by atoms with Crippen LogP contribution in [0.5, 0.6) is 0 Å². The van der Waals surface area contributed by atoms with Crippen LogP contribution < -0.4 is 10.6 Å². The Bertz CT molecular complexity index is 627. The van der Waals surface area contributed by atoms with E-state index in [1.807, 2.05) is 18.2 Å². The van der Waals surface area contributed by atoms with E-state index in [2.05, 4.69) is 20.9 Å². The molecule has 0 bridgehead atoms. The first-order valence-corrected chi connectivity index (χ1v) is 6.78. The number of carbonyl (C=O) groups excluding carboxylic acids is 1. The Morgan fingerprint density at radius 1 is 1.43 bits per heavy atom. The van der Waals surface area contributed by atoms with E-state index in [-0.39, 0.29) is 24.0 Å². The molecule has 1 amide bonds. The lowest BCUT2D eigenvalue weighted by atomic mass is 10.0. The van der Waals surface area contributed by atoms with Crippen LogP contribution in [0.3, 0.4) is 0 Å². The first-order chi connectivity index (χ1) is 9.74. The third kappa shape index (κ3) is 3.53. The van der Waals surface area contributed by atoms with Gasteiger partial charge in [-0.25, -0.2) is 4.68 Å². The minimum atomic E-state index is -0.213. The average Bonchev–Trinajstić information content (AvgIpc) is 2.87. The van der Waals surface area contributed by atoms with Crippen LogP contribution in [-0.4, -0.2) is 40.5 Å². The van der Waals surface area contributed by atoms with Gasteiger partial charge in [-0.3, -0.25) is 4.79 Å². The van der Waals surface area contributed by atoms with Crippen LogP contribution in [0, 0.1) is 5.92 Å². The number of carbonyl (C=O) groups is 1. The van der Waals surface area contributed by atoms with Gasteiger partial charge in [0.25, 0.3) is 5.91 Å². The molecule has 1 aliphatic rings. The second kappa shape index (κ2) is 6.89. The second-order valence-corrected chi connectivity index (χ2v) is 5.14. The first kappa shape index (κ1) is 15.8. The highest BCUT2D eigenvalue weighted by molar-refractivity contribution is 6.32. The first-order valence-electron chi connectivity index (χ1n) is 6.40. The maximum atomic E-state index is 11.9. The molecule has 8 heteroatoms. The summed E-state index contributed by atoms with van der Waals surface area (Å²) in [7, 11) is 0. The monoisotopic (exact) mass is 327 g/mol. The fourth-order valence-corrected chi connectivity index (χ4v) is 2.17. The number of nitrogens with one attached hydrogen (secondary N) is 2. The molecular formula is C13H15Cl2N5O. The standard InChI is InChI=1S/C13H14ClN5O.ClH/c14-10-3-1-2-4-12(10)19-8-11(17-18-19)13(20)16-7-9-5-15-6-9;/h1-4,8-9,15H,5-7H2,(H,16,20);1H. The van der Waals surface area contributed by atoms with E-state index in [1.165, 1.54) is 4.68 Å². The molecule has 112 valence electrons. The van der Waals surface area contributed by atoms with Crippen molar-refractivity contribution in [1.82, 2.24) is 25.6 Å². The van der Waals surface area contributed by atoms with Crippen molar-refractivity contribution < 1.29 is 4.79 Å². The van der Waals surface area contributed by atoms with Crippen LogP contribution in [0.2, 0.25) is 5.02 Å². The molecule has 0 spiro atoms. The smallest absolute Gasteiger partial charge is 0.273 e. The summed E-state index contributed by atoms with van der Waals surface area (Å²) >= 11 is 6.08. The third-order valence-corrected chi connectivity index (χ3v) is 3.56. The molecule has 0 radical (unpaired) electrons. The maximum Gasteiger partial charge on any atom is 0.273 e. The number of rotatable bonds is 4. The van der Waals surface area contributed by atoms with Crippen LogP contribution in [-0.2, 0) is 0 Å². The van der Waals surface area contributed by atoms with Crippen molar-refractivity contribution in [2.75, 3.05) is 19.6 Å². The zero-order chi connectivity index (χ0) is 13.9. The summed E-state index contributed by atoms with van der Waals surface area (Å²) in [5.74, 6) is 0.299. The number of amides is 1. The molecule has 1 aromatic carbocycles. The van der Waals surface area contributed by atoms with E-state index < -0.39 is 0 Å². The molecule has 1 saturated heterocycles. The van der Waals surface area contributed by atoms with Crippen molar-refractivity contribution in [3.05, 3.63) is 41.2 Å². The van der Waals surface area contributed by atoms with Gasteiger partial charge in [0.15, 0.2) is 5.69 Å². The largest absolute Gasteiger partial charge is 0.350 e. The van der Waals surface area contributed by atoms with Crippen molar-refractivity contribution in [3.8, 4) is 5.69 Å². The summed E-state index contributed by atoms with van der Waals surface area (Å²) in [6.07, 6.45) is 1.58. The molecule has 1 fully saturated rings. The quantitative estimate of drug-likeness (QED) is 0.887. The lowest BCUT2D eigenvalue weighted by molar-refractivity contribution is 0.0937. The van der Waals surface area contributed by atoms with Crippen molar-refractivity contribution >= 4 is 29.9 Å². The zero-order valence-corrected chi connectivity index (χ0v) is 12.7. The van der Waals surface area contributed by atoms with E-state index in [1.54, 1.807) is 12.3 Å². The number of halogens is 2. The Hall–Kier alpha value is -1.63. The number of hydrogen-bond acceptors (Lipinski definition) is 4. The van der Waals surface area contributed by atoms with Crippen LogP contribution in [0.25, 0.3) is 5.69 Å². The molecule has 0 saturated carbocycles. The number of hydrogen-bond donors (Lipinski definition) is 2. The fraction of sp³-hybridized carbons (Fsp3) is 0.308. The number of benzene rings is 1. The Morgan fingerprint density at radius 3 is 2.86 bits per heavy atom. The molecule has 0 atom stereocenters. The molecule has 0 aliphatic carbocycles. The van der Waals surface area contributed by atoms with Gasteiger partial charge in [-0.15, -0.1) is 17.5 Å². The SMILES string of the molecule is Cl.O=C(NCC1CNC1)c1cn(-c2ccccc2Cl)nn1. The van der Waals surface area contributed by atoms with E-state index in [0.29, 0.717) is 23.2 Å². The van der Waals surface area contributed by atoms with E-state index in [0.717, 1.165) is 13.1 Å². The predicted octanol–water partition coefficient (Wildman–Crippen LogP) is 1.29. The van der Waals surface area contributed by atoms with Gasteiger partial charge in [0.1, 0.15) is 0 Å². The van der Waals surface area contributed by atoms with Gasteiger partial charge in [-0.2, -0.15) is 0 Å². The molecule has 21 heavy (non-hydrogen) atoms. The zero-order valence-electron chi connectivity index (χ0n) is 11.1. The Kier molecular flexibility index (Phi) is 5.17. The Labute approximate surface area is 133 Å². The summed E-state index contributed by atoms with van der Waals surface area (Å²) in [5.41, 5.74) is 0.987. The predicted molar refractivity (Wildman–Crippen MR) is 82.3 cm³/mol. The van der Waals surface area contributed by atoms with E-state index in [4.69, 9.17) is 11.6 Å². The number of aromatic nitrogens is 3. The van der Waals surface area contributed by atoms with Gasteiger partial charge in [0.05, 0.1) is 16.9 Å². The summed E-state index contributed by atoms with van der Waals surface area (Å²) in [5, 5.41) is 14.4. The highest BCUT2D eigenvalue weighted by Crippen LogP contribution is 2.18. The minimum absolute atomic E-state index is 0. The lowest BCUT2D eigenvalue weighted by Crippen LogP contribution is -2.48. The normalized spacial score (nSPS) is 14.1. The lowest BCUT2D eigenvalue weighted by Gasteiger charge is -2.26. The van der Waals surface area contributed by atoms with Crippen LogP contribution in [0.1, 0.15) is 10.5 Å². The van der Waals surface area contributed by atoms with Crippen LogP contribution in [0.4, 0.5) is 0 Å². The van der Waals surface area contributed by atoms with Crippen molar-refractivity contribution in [1.29, 1.82) is 0 Å². The van der Waals surface area contributed by atoms with E-state index >= 15 is 0 Å². The van der Waals surface area contributed by atoms with E-state index in [9.17, 15) is 4.79 Å². The number of para-hydroxylation sites is 1. The summed E-state index contributed by atoms with van der Waals surface area (Å²) in [4.78, 5) is 11.9. The molecule has 2 N–H and O–H groups in total. The van der Waals surface area contributed by atoms with Crippen molar-refractivity contribution in [2.45, 2.75) is 0 Å². The molecule has 0 unspecified atom stereocenters. The van der Waals surface area contributed by atoms with Crippen LogP contribution >= 0.6 is 24.0 Å².